The largest absolute Gasteiger partial charge is 0.481 e. The van der Waals surface area contributed by atoms with Crippen LogP contribution in [0.4, 0.5) is 0 Å². The van der Waals surface area contributed by atoms with Crippen molar-refractivity contribution < 1.29 is 28.7 Å². The molecule has 0 aliphatic heterocycles. The highest BCUT2D eigenvalue weighted by Crippen LogP contribution is 1.91. The highest BCUT2D eigenvalue weighted by molar-refractivity contribution is 5.85. The summed E-state index contributed by atoms with van der Waals surface area (Å²) in [6.07, 6.45) is -0.878. The van der Waals surface area contributed by atoms with Crippen molar-refractivity contribution in [1.82, 2.24) is 5.32 Å². The standard InChI is InChI=1S/C6H9NO5/c1-3(8)7-4(6(11)12)2-5(9)10/h4H,2H2,1H3,(H,7,8)(H,9,10)(H,11,12)/i1+1D3. The van der Waals surface area contributed by atoms with Gasteiger partial charge in [-0.15, -0.1) is 0 Å². The first-order valence-corrected chi connectivity index (χ1v) is 2.90. The Hall–Kier alpha value is -1.59. The summed E-state index contributed by atoms with van der Waals surface area (Å²) in [7, 11) is 0. The zero-order valence-corrected chi connectivity index (χ0v) is 5.90. The topological polar surface area (TPSA) is 104 Å². The van der Waals surface area contributed by atoms with Crippen LogP contribution in [0.2, 0.25) is 0 Å². The fourth-order valence-electron chi connectivity index (χ4n) is 0.533. The Kier molecular flexibility index (Phi) is 2.16. The van der Waals surface area contributed by atoms with Crippen molar-refractivity contribution in [3.63, 3.8) is 0 Å². The second-order valence-corrected chi connectivity index (χ2v) is 1.96. The number of hydrogen-bond donors (Lipinski definition) is 3. The van der Waals surface area contributed by atoms with Crippen LogP contribution in [0.5, 0.6) is 0 Å². The monoisotopic (exact) mass is 179 g/mol. The molecule has 0 aliphatic carbocycles. The molecular weight excluding hydrogens is 167 g/mol. The van der Waals surface area contributed by atoms with Crippen molar-refractivity contribution in [2.24, 2.45) is 0 Å². The fraction of sp³-hybridized carbons (Fsp3) is 0.500. The van der Waals surface area contributed by atoms with Gasteiger partial charge in [-0.05, 0) is 0 Å². The van der Waals surface area contributed by atoms with Crippen LogP contribution in [0.1, 0.15) is 17.4 Å². The van der Waals surface area contributed by atoms with E-state index in [1.54, 1.807) is 5.32 Å². The van der Waals surface area contributed by atoms with E-state index in [-0.39, 0.29) is 0 Å². The summed E-state index contributed by atoms with van der Waals surface area (Å²) >= 11 is 0. The highest BCUT2D eigenvalue weighted by Gasteiger charge is 2.21. The number of carboxylic acids is 2. The highest BCUT2D eigenvalue weighted by atomic mass is 16.4. The summed E-state index contributed by atoms with van der Waals surface area (Å²) in [6, 6.07) is -1.74. The van der Waals surface area contributed by atoms with E-state index in [9.17, 15) is 14.4 Å². The Bertz CT molecular complexity index is 287. The van der Waals surface area contributed by atoms with Gasteiger partial charge in [-0.1, -0.05) is 0 Å². The average molecular weight is 179 g/mol. The van der Waals surface area contributed by atoms with Gasteiger partial charge in [-0.3, -0.25) is 9.59 Å². The molecule has 0 aromatic rings. The van der Waals surface area contributed by atoms with Gasteiger partial charge in [-0.25, -0.2) is 4.79 Å². The van der Waals surface area contributed by atoms with E-state index in [1.165, 1.54) is 0 Å². The molecule has 0 spiro atoms. The normalized spacial score (nSPS) is 16.5. The molecule has 6 nitrogen and oxygen atoms in total. The van der Waals surface area contributed by atoms with Gasteiger partial charge in [0.05, 0.1) is 6.42 Å². The number of rotatable bonds is 4. The zero-order chi connectivity index (χ0) is 12.2. The van der Waals surface area contributed by atoms with Gasteiger partial charge in [0.25, 0.3) is 0 Å². The number of amides is 1. The first-order chi connectivity index (χ1) is 6.64. The van der Waals surface area contributed by atoms with E-state index in [0.717, 1.165) is 0 Å². The molecular formula is C6H9NO5. The van der Waals surface area contributed by atoms with Crippen LogP contribution in [0.15, 0.2) is 0 Å². The number of aliphatic carboxylic acids is 2. The molecule has 1 amide bonds. The van der Waals surface area contributed by atoms with Gasteiger partial charge < -0.3 is 15.5 Å². The minimum atomic E-state index is -2.99. The second kappa shape index (κ2) is 4.32. The predicted octanol–water partition coefficient (Wildman–Crippen LogP) is -0.950. The molecule has 0 fully saturated rings. The Morgan fingerprint density at radius 2 is 2.08 bits per heavy atom. The molecule has 6 heteroatoms. The number of hydrogen-bond acceptors (Lipinski definition) is 3. The van der Waals surface area contributed by atoms with Gasteiger partial charge in [0, 0.05) is 11.0 Å². The number of carbonyl (C=O) groups excluding carboxylic acids is 1. The minimum absolute atomic E-state index is 0.878. The summed E-state index contributed by atoms with van der Waals surface area (Å²) in [5, 5.41) is 18.4. The lowest BCUT2D eigenvalue weighted by molar-refractivity contribution is -0.147. The van der Waals surface area contributed by atoms with Crippen molar-refractivity contribution in [2.75, 3.05) is 0 Å². The molecule has 68 valence electrons. The minimum Gasteiger partial charge on any atom is -0.481 e. The number of carboxylic acid groups (broad SMARTS) is 2. The summed E-state index contributed by atoms with van der Waals surface area (Å²) < 4.78 is 19.9. The molecule has 0 radical (unpaired) electrons. The first-order valence-electron chi connectivity index (χ1n) is 4.40. The smallest absolute Gasteiger partial charge is 0.326 e. The molecule has 0 bridgehead atoms. The van der Waals surface area contributed by atoms with E-state index in [2.05, 4.69) is 0 Å². The Morgan fingerprint density at radius 3 is 2.42 bits per heavy atom. The lowest BCUT2D eigenvalue weighted by Crippen LogP contribution is -2.41. The van der Waals surface area contributed by atoms with Crippen molar-refractivity contribution >= 4 is 17.8 Å². The Labute approximate surface area is 72.4 Å². The molecule has 12 heavy (non-hydrogen) atoms. The summed E-state index contributed by atoms with van der Waals surface area (Å²) in [5.74, 6) is -4.54. The lowest BCUT2D eigenvalue weighted by atomic mass is 10.2. The SMILES string of the molecule is [2H][13C]([2H])([2H])C(=O)NC(CC(=O)O)C(=O)O. The third-order valence-electron chi connectivity index (χ3n) is 0.982. The molecule has 0 saturated carbocycles. The fourth-order valence-corrected chi connectivity index (χ4v) is 0.533. The summed E-state index contributed by atoms with van der Waals surface area (Å²) in [4.78, 5) is 31.5. The molecule has 0 aliphatic rings. The van der Waals surface area contributed by atoms with Crippen LogP contribution in [-0.2, 0) is 14.4 Å². The van der Waals surface area contributed by atoms with E-state index in [4.69, 9.17) is 14.3 Å². The van der Waals surface area contributed by atoms with Crippen molar-refractivity contribution in [1.29, 1.82) is 0 Å². The Morgan fingerprint density at radius 1 is 1.50 bits per heavy atom. The summed E-state index contributed by atoms with van der Waals surface area (Å²) in [6.45, 7) is -2.99. The van der Waals surface area contributed by atoms with Crippen LogP contribution in [0.3, 0.4) is 0 Å². The van der Waals surface area contributed by atoms with Crippen LogP contribution >= 0.6 is 0 Å². The van der Waals surface area contributed by atoms with Crippen molar-refractivity contribution in [3.8, 4) is 0 Å². The quantitative estimate of drug-likeness (QED) is 0.483. The number of nitrogens with one attached hydrogen (secondary N) is 1. The van der Waals surface area contributed by atoms with Gasteiger partial charge in [-0.2, -0.15) is 0 Å². The van der Waals surface area contributed by atoms with E-state index in [1.807, 2.05) is 0 Å². The van der Waals surface area contributed by atoms with E-state index >= 15 is 0 Å². The maximum absolute atomic E-state index is 10.8. The lowest BCUT2D eigenvalue weighted by Gasteiger charge is -2.09. The Balaban J connectivity index is 4.50. The molecule has 0 rings (SSSR count). The van der Waals surface area contributed by atoms with Gasteiger partial charge >= 0.3 is 11.9 Å². The molecule has 0 saturated heterocycles. The van der Waals surface area contributed by atoms with E-state index < -0.39 is 37.2 Å². The molecule has 0 aromatic heterocycles. The van der Waals surface area contributed by atoms with Crippen LogP contribution in [-0.4, -0.2) is 34.1 Å². The molecule has 0 heterocycles. The van der Waals surface area contributed by atoms with Crippen molar-refractivity contribution in [2.45, 2.75) is 19.3 Å². The third-order valence-corrected chi connectivity index (χ3v) is 0.982. The second-order valence-electron chi connectivity index (χ2n) is 1.96. The number of carbonyl (C=O) groups is 3. The zero-order valence-electron chi connectivity index (χ0n) is 8.90. The van der Waals surface area contributed by atoms with E-state index in [0.29, 0.717) is 0 Å². The molecule has 3 N–H and O–H groups in total. The van der Waals surface area contributed by atoms with Gasteiger partial charge in [0.15, 0.2) is 0 Å². The van der Waals surface area contributed by atoms with Crippen LogP contribution in [0.25, 0.3) is 0 Å². The molecule has 0 aromatic carbocycles. The third kappa shape index (κ3) is 4.26. The molecule has 1 unspecified atom stereocenters. The average Bonchev–Trinajstić information content (AvgIpc) is 1.99. The summed E-state index contributed by atoms with van der Waals surface area (Å²) in [5.41, 5.74) is 0. The first kappa shape index (κ1) is 5.99. The van der Waals surface area contributed by atoms with Gasteiger partial charge in [0.2, 0.25) is 5.91 Å². The van der Waals surface area contributed by atoms with Gasteiger partial charge in [0.1, 0.15) is 6.04 Å². The molecule has 1 atom stereocenters. The van der Waals surface area contributed by atoms with Crippen LogP contribution in [0, 0.1) is 0 Å². The van der Waals surface area contributed by atoms with Crippen molar-refractivity contribution in [3.05, 3.63) is 0 Å². The maximum atomic E-state index is 10.8. The van der Waals surface area contributed by atoms with Crippen LogP contribution < -0.4 is 5.32 Å². The maximum Gasteiger partial charge on any atom is 0.326 e. The predicted molar refractivity (Wildman–Crippen MR) is 37.5 cm³/mol.